The van der Waals surface area contributed by atoms with Gasteiger partial charge in [-0.05, 0) is 26.7 Å². The Morgan fingerprint density at radius 1 is 1.36 bits per heavy atom. The highest BCUT2D eigenvalue weighted by molar-refractivity contribution is 8.01. The minimum Gasteiger partial charge on any atom is -0.363 e. The van der Waals surface area contributed by atoms with E-state index in [1.807, 2.05) is 0 Å². The number of hydrogen-bond acceptors (Lipinski definition) is 7. The first kappa shape index (κ1) is 19.2. The minimum absolute atomic E-state index is 0.0370. The molecule has 4 heterocycles. The van der Waals surface area contributed by atoms with Crippen molar-refractivity contribution in [2.24, 2.45) is 4.99 Å². The highest BCUT2D eigenvalue weighted by Crippen LogP contribution is 2.56. The third kappa shape index (κ3) is 3.59. The van der Waals surface area contributed by atoms with Gasteiger partial charge in [0.1, 0.15) is 24.0 Å². The molecule has 1 aromatic rings. The lowest BCUT2D eigenvalue weighted by molar-refractivity contribution is -0.151. The number of fused-ring (bicyclic) bond motifs is 1. The molecular formula is C17H26N8O2S. The van der Waals surface area contributed by atoms with E-state index in [1.54, 1.807) is 23.0 Å². The first-order chi connectivity index (χ1) is 13.5. The second kappa shape index (κ2) is 7.69. The van der Waals surface area contributed by atoms with E-state index < -0.39 is 6.04 Å². The van der Waals surface area contributed by atoms with Crippen molar-refractivity contribution in [1.29, 1.82) is 0 Å². The number of β-lactam (4-membered cyclic amide) rings is 1. The number of rotatable bonds is 5. The summed E-state index contributed by atoms with van der Waals surface area (Å²) >= 11 is 1.65. The monoisotopic (exact) mass is 406 g/mol. The lowest BCUT2D eigenvalue weighted by Gasteiger charge is -2.43. The lowest BCUT2D eigenvalue weighted by atomic mass is 9.95. The molecule has 2 N–H and O–H groups in total. The van der Waals surface area contributed by atoms with Crippen LogP contribution in [-0.4, -0.2) is 84.4 Å². The Labute approximate surface area is 167 Å². The molecule has 10 nitrogen and oxygen atoms in total. The molecular weight excluding hydrogens is 380 g/mol. The molecule has 3 aliphatic rings. The number of hydrogen-bond donors (Lipinski definition) is 2. The Kier molecular flexibility index (Phi) is 5.26. The molecule has 11 heteroatoms. The predicted octanol–water partition coefficient (Wildman–Crippen LogP) is 0.324. The molecule has 3 saturated heterocycles. The predicted molar refractivity (Wildman–Crippen MR) is 105 cm³/mol. The van der Waals surface area contributed by atoms with Crippen molar-refractivity contribution in [3.63, 3.8) is 0 Å². The summed E-state index contributed by atoms with van der Waals surface area (Å²) in [5.41, 5.74) is 0. The van der Waals surface area contributed by atoms with Crippen LogP contribution in [-0.2, 0) is 9.59 Å². The van der Waals surface area contributed by atoms with Crippen LogP contribution in [0.15, 0.2) is 4.99 Å². The molecule has 3 fully saturated rings. The maximum Gasteiger partial charge on any atom is 0.249 e. The van der Waals surface area contributed by atoms with E-state index in [9.17, 15) is 9.59 Å². The van der Waals surface area contributed by atoms with Crippen molar-refractivity contribution >= 4 is 29.9 Å². The van der Waals surface area contributed by atoms with Crippen LogP contribution >= 0.6 is 11.8 Å². The second-order valence-corrected chi connectivity index (χ2v) is 9.75. The molecule has 0 radical (unpaired) electrons. The van der Waals surface area contributed by atoms with E-state index in [-0.39, 0.29) is 34.5 Å². The number of thioether (sulfide) groups is 1. The summed E-state index contributed by atoms with van der Waals surface area (Å²) in [6.45, 7) is 6.12. The van der Waals surface area contributed by atoms with E-state index in [1.165, 1.54) is 25.7 Å². The summed E-state index contributed by atoms with van der Waals surface area (Å²) in [6, 6.07) is -0.787. The summed E-state index contributed by atoms with van der Waals surface area (Å²) in [5, 5.41) is 16.9. The first-order valence-electron chi connectivity index (χ1n) is 9.74. The summed E-state index contributed by atoms with van der Waals surface area (Å²) in [4.78, 5) is 33.2. The third-order valence-corrected chi connectivity index (χ3v) is 7.06. The topological polar surface area (TPSA) is 119 Å². The van der Waals surface area contributed by atoms with Gasteiger partial charge in [0.15, 0.2) is 5.82 Å². The number of aliphatic imine (C=N–C) groups is 1. The number of aromatic nitrogens is 4. The molecule has 3 atom stereocenters. The van der Waals surface area contributed by atoms with Crippen molar-refractivity contribution in [2.75, 3.05) is 19.6 Å². The number of carbonyl (C=O) groups excluding carboxylic acids is 2. The molecule has 0 saturated carbocycles. The highest BCUT2D eigenvalue weighted by Gasteiger charge is 2.63. The van der Waals surface area contributed by atoms with Gasteiger partial charge in [0.2, 0.25) is 11.8 Å². The van der Waals surface area contributed by atoms with Crippen LogP contribution in [0.4, 0.5) is 0 Å². The van der Waals surface area contributed by atoms with E-state index in [0.29, 0.717) is 5.82 Å². The fraction of sp³-hybridized carbons (Fsp3) is 0.765. The van der Waals surface area contributed by atoms with Gasteiger partial charge in [-0.25, -0.2) is 0 Å². The largest absolute Gasteiger partial charge is 0.363 e. The molecule has 4 rings (SSSR count). The van der Waals surface area contributed by atoms with Crippen LogP contribution in [0.3, 0.4) is 0 Å². The summed E-state index contributed by atoms with van der Waals surface area (Å²) < 4.78 is -0.269. The standard InChI is InChI=1S/C17H26N8O2S/c1-17(2)13(14-20-22-23-21-14)25-15(27)12(16(25)28-17)19-11(26)9-18-10-24-7-5-3-4-6-8-24/h10,12-13,16H,3-9H2,1-2H3,(H,19,26)(H,20,21,22,23). The number of likely N-dealkylation sites (tertiary alicyclic amines) is 1. The quantitative estimate of drug-likeness (QED) is 0.411. The number of tetrazole rings is 1. The number of nitrogens with zero attached hydrogens (tertiary/aromatic N) is 6. The van der Waals surface area contributed by atoms with Crippen molar-refractivity contribution in [3.05, 3.63) is 5.82 Å². The van der Waals surface area contributed by atoms with Gasteiger partial charge in [-0.2, -0.15) is 5.21 Å². The number of amides is 2. The normalized spacial score (nSPS) is 29.5. The van der Waals surface area contributed by atoms with Crippen molar-refractivity contribution in [2.45, 2.75) is 61.7 Å². The number of nitrogens with one attached hydrogen (secondary N) is 2. The third-order valence-electron chi connectivity index (χ3n) is 5.48. The smallest absolute Gasteiger partial charge is 0.249 e. The Morgan fingerprint density at radius 2 is 2.11 bits per heavy atom. The molecule has 28 heavy (non-hydrogen) atoms. The molecule has 152 valence electrons. The molecule has 0 aromatic carbocycles. The molecule has 3 aliphatic heterocycles. The van der Waals surface area contributed by atoms with Crippen LogP contribution in [0, 0.1) is 0 Å². The van der Waals surface area contributed by atoms with Gasteiger partial charge in [0.25, 0.3) is 0 Å². The summed E-state index contributed by atoms with van der Waals surface area (Å²) in [5.74, 6) is 0.161. The van der Waals surface area contributed by atoms with E-state index in [0.717, 1.165) is 13.1 Å². The van der Waals surface area contributed by atoms with Crippen LogP contribution in [0.25, 0.3) is 0 Å². The van der Waals surface area contributed by atoms with Gasteiger partial charge in [-0.3, -0.25) is 14.6 Å². The summed E-state index contributed by atoms with van der Waals surface area (Å²) in [6.07, 6.45) is 6.62. The fourth-order valence-electron chi connectivity index (χ4n) is 4.12. The molecule has 0 aliphatic carbocycles. The van der Waals surface area contributed by atoms with Crippen molar-refractivity contribution < 1.29 is 9.59 Å². The van der Waals surface area contributed by atoms with Gasteiger partial charge < -0.3 is 15.1 Å². The van der Waals surface area contributed by atoms with E-state index in [2.05, 4.69) is 49.7 Å². The van der Waals surface area contributed by atoms with Crippen LogP contribution < -0.4 is 5.32 Å². The number of H-pyrrole nitrogens is 1. The molecule has 2 amide bonds. The Balaban J connectivity index is 1.33. The average molecular weight is 407 g/mol. The van der Waals surface area contributed by atoms with Crippen LogP contribution in [0.1, 0.15) is 51.4 Å². The number of carbonyl (C=O) groups is 2. The van der Waals surface area contributed by atoms with Gasteiger partial charge in [-0.15, -0.1) is 22.0 Å². The molecule has 0 spiro atoms. The Hall–Kier alpha value is -2.17. The summed E-state index contributed by atoms with van der Waals surface area (Å²) in [7, 11) is 0. The Bertz CT molecular complexity index is 744. The SMILES string of the molecule is CC1(C)SC2C(NC(=O)CN=CN3CCCCCC3)C(=O)N2C1c1nn[nH]n1. The second-order valence-electron chi connectivity index (χ2n) is 7.98. The average Bonchev–Trinajstić information content (AvgIpc) is 3.16. The molecule has 0 bridgehead atoms. The van der Waals surface area contributed by atoms with Crippen molar-refractivity contribution in [1.82, 2.24) is 35.7 Å². The zero-order chi connectivity index (χ0) is 19.7. The zero-order valence-electron chi connectivity index (χ0n) is 16.2. The van der Waals surface area contributed by atoms with Crippen molar-refractivity contribution in [3.8, 4) is 0 Å². The van der Waals surface area contributed by atoms with Crippen LogP contribution in [0.2, 0.25) is 0 Å². The minimum atomic E-state index is -0.526. The van der Waals surface area contributed by atoms with Gasteiger partial charge in [0, 0.05) is 17.8 Å². The fourth-order valence-corrected chi connectivity index (χ4v) is 5.75. The van der Waals surface area contributed by atoms with Gasteiger partial charge >= 0.3 is 0 Å². The van der Waals surface area contributed by atoms with E-state index >= 15 is 0 Å². The Morgan fingerprint density at radius 3 is 2.79 bits per heavy atom. The van der Waals surface area contributed by atoms with Gasteiger partial charge in [-0.1, -0.05) is 18.1 Å². The lowest BCUT2D eigenvalue weighted by Crippen LogP contribution is -2.68. The maximum absolute atomic E-state index is 12.7. The van der Waals surface area contributed by atoms with E-state index in [4.69, 9.17) is 0 Å². The maximum atomic E-state index is 12.7. The first-order valence-corrected chi connectivity index (χ1v) is 10.6. The van der Waals surface area contributed by atoms with Crippen LogP contribution in [0.5, 0.6) is 0 Å². The molecule has 1 aromatic heterocycles. The molecule has 3 unspecified atom stereocenters. The highest BCUT2D eigenvalue weighted by atomic mass is 32.2. The zero-order valence-corrected chi connectivity index (χ0v) is 17.0. The number of aromatic amines is 1. The van der Waals surface area contributed by atoms with Gasteiger partial charge in [0.05, 0.1) is 6.34 Å².